The molecule has 3 N–H and O–H groups in total. The van der Waals surface area contributed by atoms with Gasteiger partial charge in [0, 0.05) is 39.8 Å². The van der Waals surface area contributed by atoms with Crippen LogP contribution >= 0.6 is 0 Å². The van der Waals surface area contributed by atoms with E-state index in [9.17, 15) is 0 Å². The minimum Gasteiger partial charge on any atom is -0.381 e. The number of aliphatic imine (C=N–C) groups is 1. The second-order valence-electron chi connectivity index (χ2n) is 6.20. The van der Waals surface area contributed by atoms with Crippen molar-refractivity contribution < 1.29 is 4.74 Å². The topological polar surface area (TPSA) is 74.3 Å². The lowest BCUT2D eigenvalue weighted by Crippen LogP contribution is -2.39. The number of nitrogens with one attached hydrogen (secondary N) is 3. The zero-order valence-corrected chi connectivity index (χ0v) is 14.9. The first kappa shape index (κ1) is 18.3. The van der Waals surface area contributed by atoms with Gasteiger partial charge in [-0.25, -0.2) is 4.98 Å². The molecule has 0 aliphatic carbocycles. The fraction of sp³-hybridized carbons (Fsp3) is 0.556. The molecule has 0 saturated heterocycles. The molecule has 24 heavy (non-hydrogen) atoms. The molecule has 0 bridgehead atoms. The van der Waals surface area contributed by atoms with Crippen LogP contribution in [0.15, 0.2) is 29.3 Å². The molecule has 1 aromatic heterocycles. The molecule has 132 valence electrons. The highest BCUT2D eigenvalue weighted by molar-refractivity contribution is 5.79. The molecule has 0 amide bonds. The van der Waals surface area contributed by atoms with Crippen molar-refractivity contribution in [3.8, 4) is 0 Å². The standard InChI is InChI=1S/C18H29N5O/c1-14(2)13-24-12-6-10-20-18(19-3)21-11-9-17-22-15-7-4-5-8-16(15)23-17/h4-5,7-8,14H,6,9-13H2,1-3H3,(H,22,23)(H2,19,20,21). The van der Waals surface area contributed by atoms with E-state index in [-0.39, 0.29) is 0 Å². The van der Waals surface area contributed by atoms with Crippen LogP contribution < -0.4 is 10.6 Å². The lowest BCUT2D eigenvalue weighted by Gasteiger charge is -2.12. The lowest BCUT2D eigenvalue weighted by molar-refractivity contribution is 0.108. The van der Waals surface area contributed by atoms with E-state index in [1.165, 1.54) is 0 Å². The molecule has 1 heterocycles. The summed E-state index contributed by atoms with van der Waals surface area (Å²) in [6.07, 6.45) is 1.80. The van der Waals surface area contributed by atoms with Crippen molar-refractivity contribution >= 4 is 17.0 Å². The predicted octanol–water partition coefficient (Wildman–Crippen LogP) is 2.33. The van der Waals surface area contributed by atoms with E-state index < -0.39 is 0 Å². The van der Waals surface area contributed by atoms with E-state index in [0.29, 0.717) is 5.92 Å². The first-order valence-corrected chi connectivity index (χ1v) is 8.65. The number of aromatic nitrogens is 2. The molecule has 0 aliphatic rings. The molecular formula is C18H29N5O. The van der Waals surface area contributed by atoms with Crippen molar-refractivity contribution in [3.63, 3.8) is 0 Å². The number of ether oxygens (including phenoxy) is 1. The molecule has 0 fully saturated rings. The Morgan fingerprint density at radius 3 is 2.79 bits per heavy atom. The number of rotatable bonds is 9. The lowest BCUT2D eigenvalue weighted by atomic mass is 10.2. The number of aromatic amines is 1. The molecule has 6 nitrogen and oxygen atoms in total. The molecule has 1 aromatic carbocycles. The summed E-state index contributed by atoms with van der Waals surface area (Å²) < 4.78 is 5.57. The van der Waals surface area contributed by atoms with Gasteiger partial charge in [-0.15, -0.1) is 0 Å². The van der Waals surface area contributed by atoms with Crippen LogP contribution in [0, 0.1) is 5.92 Å². The Morgan fingerprint density at radius 2 is 2.04 bits per heavy atom. The number of guanidine groups is 1. The zero-order chi connectivity index (χ0) is 17.2. The highest BCUT2D eigenvalue weighted by Gasteiger charge is 2.03. The third-order valence-electron chi connectivity index (χ3n) is 3.53. The monoisotopic (exact) mass is 331 g/mol. The number of imidazole rings is 1. The summed E-state index contributed by atoms with van der Waals surface area (Å²) in [5.41, 5.74) is 2.09. The fourth-order valence-corrected chi connectivity index (χ4v) is 2.34. The van der Waals surface area contributed by atoms with Crippen LogP contribution in [-0.4, -0.2) is 49.3 Å². The SMILES string of the molecule is CN=C(NCCCOCC(C)C)NCCc1nc2ccccc2[nH]1. The fourth-order valence-electron chi connectivity index (χ4n) is 2.34. The third-order valence-corrected chi connectivity index (χ3v) is 3.53. The van der Waals surface area contributed by atoms with Crippen LogP contribution in [0.4, 0.5) is 0 Å². The van der Waals surface area contributed by atoms with Crippen LogP contribution in [0.3, 0.4) is 0 Å². The van der Waals surface area contributed by atoms with Gasteiger partial charge in [0.15, 0.2) is 5.96 Å². The van der Waals surface area contributed by atoms with Crippen molar-refractivity contribution in [1.82, 2.24) is 20.6 Å². The predicted molar refractivity (Wildman–Crippen MR) is 99.4 cm³/mol. The van der Waals surface area contributed by atoms with Crippen LogP contribution in [0.1, 0.15) is 26.1 Å². The van der Waals surface area contributed by atoms with Gasteiger partial charge >= 0.3 is 0 Å². The number of nitrogens with zero attached hydrogens (tertiary/aromatic N) is 2. The van der Waals surface area contributed by atoms with E-state index in [0.717, 1.165) is 62.0 Å². The summed E-state index contributed by atoms with van der Waals surface area (Å²) in [5, 5.41) is 6.61. The van der Waals surface area contributed by atoms with Gasteiger partial charge in [0.25, 0.3) is 0 Å². The Bertz CT molecular complexity index is 602. The second-order valence-corrected chi connectivity index (χ2v) is 6.20. The zero-order valence-electron chi connectivity index (χ0n) is 14.9. The molecule has 2 aromatic rings. The van der Waals surface area contributed by atoms with E-state index in [1.807, 2.05) is 24.3 Å². The molecule has 0 aliphatic heterocycles. The maximum Gasteiger partial charge on any atom is 0.190 e. The summed E-state index contributed by atoms with van der Waals surface area (Å²) in [4.78, 5) is 12.1. The number of hydrogen-bond acceptors (Lipinski definition) is 3. The minimum absolute atomic E-state index is 0.589. The number of benzene rings is 1. The van der Waals surface area contributed by atoms with Crippen molar-refractivity contribution in [2.24, 2.45) is 10.9 Å². The van der Waals surface area contributed by atoms with Gasteiger partial charge in [-0.05, 0) is 24.5 Å². The molecule has 6 heteroatoms. The van der Waals surface area contributed by atoms with Crippen molar-refractivity contribution in [2.45, 2.75) is 26.7 Å². The summed E-state index contributed by atoms with van der Waals surface area (Å²) in [5.74, 6) is 2.39. The minimum atomic E-state index is 0.589. The summed E-state index contributed by atoms with van der Waals surface area (Å²) in [7, 11) is 1.78. The Balaban J connectivity index is 1.63. The van der Waals surface area contributed by atoms with E-state index >= 15 is 0 Å². The molecule has 0 radical (unpaired) electrons. The normalized spacial score (nSPS) is 12.1. The molecule has 0 spiro atoms. The first-order valence-electron chi connectivity index (χ1n) is 8.65. The number of fused-ring (bicyclic) bond motifs is 1. The van der Waals surface area contributed by atoms with Gasteiger partial charge in [-0.3, -0.25) is 4.99 Å². The highest BCUT2D eigenvalue weighted by atomic mass is 16.5. The second kappa shape index (κ2) is 9.93. The van der Waals surface area contributed by atoms with Gasteiger partial charge in [-0.1, -0.05) is 26.0 Å². The maximum atomic E-state index is 5.57. The van der Waals surface area contributed by atoms with E-state index in [2.05, 4.69) is 39.4 Å². The molecule has 0 saturated carbocycles. The van der Waals surface area contributed by atoms with Gasteiger partial charge < -0.3 is 20.4 Å². The van der Waals surface area contributed by atoms with E-state index in [1.54, 1.807) is 7.05 Å². The van der Waals surface area contributed by atoms with Crippen molar-refractivity contribution in [2.75, 3.05) is 33.4 Å². The highest BCUT2D eigenvalue weighted by Crippen LogP contribution is 2.10. The third kappa shape index (κ3) is 6.20. The van der Waals surface area contributed by atoms with Crippen LogP contribution in [0.25, 0.3) is 11.0 Å². The van der Waals surface area contributed by atoms with Crippen molar-refractivity contribution in [1.29, 1.82) is 0 Å². The van der Waals surface area contributed by atoms with Crippen molar-refractivity contribution in [3.05, 3.63) is 30.1 Å². The summed E-state index contributed by atoms with van der Waals surface area (Å²) in [6, 6.07) is 8.08. The Hall–Kier alpha value is -2.08. The molecule has 2 rings (SSSR count). The summed E-state index contributed by atoms with van der Waals surface area (Å²) >= 11 is 0. The quantitative estimate of drug-likeness (QED) is 0.374. The molecule has 0 unspecified atom stereocenters. The first-order chi connectivity index (χ1) is 11.7. The maximum absolute atomic E-state index is 5.57. The molecular weight excluding hydrogens is 302 g/mol. The smallest absolute Gasteiger partial charge is 0.190 e. The Morgan fingerprint density at radius 1 is 1.25 bits per heavy atom. The van der Waals surface area contributed by atoms with Crippen LogP contribution in [0.2, 0.25) is 0 Å². The van der Waals surface area contributed by atoms with Gasteiger partial charge in [0.05, 0.1) is 11.0 Å². The molecule has 0 atom stereocenters. The van der Waals surface area contributed by atoms with E-state index in [4.69, 9.17) is 4.74 Å². The average molecular weight is 331 g/mol. The van der Waals surface area contributed by atoms with Gasteiger partial charge in [0.1, 0.15) is 5.82 Å². The van der Waals surface area contributed by atoms with Gasteiger partial charge in [0.2, 0.25) is 0 Å². The largest absolute Gasteiger partial charge is 0.381 e. The number of para-hydroxylation sites is 2. The number of hydrogen-bond donors (Lipinski definition) is 3. The van der Waals surface area contributed by atoms with Gasteiger partial charge in [-0.2, -0.15) is 0 Å². The Kier molecular flexibility index (Phi) is 7.55. The average Bonchev–Trinajstić information content (AvgIpc) is 2.98. The Labute approximate surface area is 144 Å². The van der Waals surface area contributed by atoms with Crippen LogP contribution in [-0.2, 0) is 11.2 Å². The van der Waals surface area contributed by atoms with Crippen LogP contribution in [0.5, 0.6) is 0 Å². The number of H-pyrrole nitrogens is 1. The summed E-state index contributed by atoms with van der Waals surface area (Å²) in [6.45, 7) is 7.55.